The predicted molar refractivity (Wildman–Crippen MR) is 128 cm³/mol. The summed E-state index contributed by atoms with van der Waals surface area (Å²) in [6.07, 6.45) is 1.49. The van der Waals surface area contributed by atoms with Gasteiger partial charge in [-0.15, -0.1) is 0 Å². The van der Waals surface area contributed by atoms with Gasteiger partial charge in [0.25, 0.3) is 10.0 Å². The van der Waals surface area contributed by atoms with E-state index in [1.807, 2.05) is 31.2 Å². The summed E-state index contributed by atoms with van der Waals surface area (Å²) in [4.78, 5) is 12.3. The topological polar surface area (TPSA) is 87.3 Å². The molecule has 0 unspecified atom stereocenters. The molecule has 0 atom stereocenters. The number of sulfonamides is 1. The lowest BCUT2D eigenvalue weighted by molar-refractivity contribution is 0.262. The first kappa shape index (κ1) is 22.7. The van der Waals surface area contributed by atoms with Crippen LogP contribution in [0.25, 0.3) is 6.08 Å². The molecule has 0 aromatic heterocycles. The van der Waals surface area contributed by atoms with Gasteiger partial charge in [-0.1, -0.05) is 65.2 Å². The number of para-hydroxylation sites is 2. The van der Waals surface area contributed by atoms with Crippen LogP contribution in [0.15, 0.2) is 72.1 Å². The van der Waals surface area contributed by atoms with Crippen molar-refractivity contribution in [2.75, 3.05) is 15.4 Å². The first-order valence-electron chi connectivity index (χ1n) is 9.11. The minimum atomic E-state index is -3.80. The lowest BCUT2D eigenvalue weighted by Gasteiger charge is -2.13. The van der Waals surface area contributed by atoms with E-state index < -0.39 is 16.1 Å². The van der Waals surface area contributed by atoms with E-state index in [9.17, 15) is 13.2 Å². The van der Waals surface area contributed by atoms with Gasteiger partial charge in [0, 0.05) is 5.69 Å². The van der Waals surface area contributed by atoms with Crippen LogP contribution in [0.2, 0.25) is 10.0 Å². The molecular weight excluding hydrogens is 457 g/mol. The van der Waals surface area contributed by atoms with Crippen molar-refractivity contribution >= 4 is 62.4 Å². The minimum absolute atomic E-state index is 0.223. The predicted octanol–water partition coefficient (Wildman–Crippen LogP) is 6.36. The van der Waals surface area contributed by atoms with Gasteiger partial charge in [-0.3, -0.25) is 4.72 Å². The highest BCUT2D eigenvalue weighted by Crippen LogP contribution is 2.26. The van der Waals surface area contributed by atoms with Crippen LogP contribution in [0.3, 0.4) is 0 Å². The van der Waals surface area contributed by atoms with Crippen LogP contribution in [-0.2, 0) is 10.0 Å². The second kappa shape index (κ2) is 9.87. The van der Waals surface area contributed by atoms with Crippen LogP contribution in [0.4, 0.5) is 21.9 Å². The summed E-state index contributed by atoms with van der Waals surface area (Å²) in [5.41, 5.74) is 2.78. The van der Waals surface area contributed by atoms with Gasteiger partial charge in [0.1, 0.15) is 0 Å². The van der Waals surface area contributed by atoms with Crippen molar-refractivity contribution < 1.29 is 13.2 Å². The van der Waals surface area contributed by atoms with E-state index in [1.165, 1.54) is 12.1 Å². The summed E-state index contributed by atoms with van der Waals surface area (Å²) in [7, 11) is -3.80. The van der Waals surface area contributed by atoms with E-state index in [0.29, 0.717) is 15.7 Å². The van der Waals surface area contributed by atoms with E-state index in [4.69, 9.17) is 23.2 Å². The second-order valence-electron chi connectivity index (χ2n) is 6.61. The van der Waals surface area contributed by atoms with Crippen LogP contribution >= 0.6 is 23.2 Å². The molecule has 9 heteroatoms. The number of anilines is 3. The van der Waals surface area contributed by atoms with Crippen LogP contribution in [0.1, 0.15) is 11.1 Å². The first-order chi connectivity index (χ1) is 14.7. The Bertz CT molecular complexity index is 1230. The second-order valence-corrected chi connectivity index (χ2v) is 8.99. The van der Waals surface area contributed by atoms with Crippen LogP contribution in [0, 0.1) is 6.92 Å². The Morgan fingerprint density at radius 3 is 2.23 bits per heavy atom. The lowest BCUT2D eigenvalue weighted by Crippen LogP contribution is -2.21. The fourth-order valence-corrected chi connectivity index (χ4v) is 3.76. The lowest BCUT2D eigenvalue weighted by atomic mass is 10.2. The molecule has 0 heterocycles. The number of hydrogen-bond donors (Lipinski definition) is 3. The molecule has 6 nitrogen and oxygen atoms in total. The van der Waals surface area contributed by atoms with E-state index in [-0.39, 0.29) is 11.4 Å². The van der Waals surface area contributed by atoms with Gasteiger partial charge in [-0.25, -0.2) is 13.2 Å². The third kappa shape index (κ3) is 6.75. The SMILES string of the molecule is Cc1ccc(/C=C/S(=O)(=O)Nc2ccccc2NC(=O)Nc2ccc(Cl)c(Cl)c2)cc1. The molecule has 0 radical (unpaired) electrons. The van der Waals surface area contributed by atoms with Crippen molar-refractivity contribution in [3.63, 3.8) is 0 Å². The molecule has 3 N–H and O–H groups in total. The summed E-state index contributed by atoms with van der Waals surface area (Å²) in [6.45, 7) is 1.95. The van der Waals surface area contributed by atoms with Gasteiger partial charge in [0.15, 0.2) is 0 Å². The van der Waals surface area contributed by atoms with Crippen molar-refractivity contribution in [3.8, 4) is 0 Å². The van der Waals surface area contributed by atoms with E-state index in [0.717, 1.165) is 16.5 Å². The zero-order valence-corrected chi connectivity index (χ0v) is 18.7. The van der Waals surface area contributed by atoms with E-state index >= 15 is 0 Å². The molecule has 0 saturated carbocycles. The summed E-state index contributed by atoms with van der Waals surface area (Å²) >= 11 is 11.8. The molecule has 0 aliphatic rings. The van der Waals surface area contributed by atoms with Gasteiger partial charge in [0.2, 0.25) is 0 Å². The number of benzene rings is 3. The molecule has 3 aromatic carbocycles. The first-order valence-corrected chi connectivity index (χ1v) is 11.4. The molecule has 0 aliphatic carbocycles. The van der Waals surface area contributed by atoms with E-state index in [1.54, 1.807) is 36.4 Å². The third-order valence-electron chi connectivity index (χ3n) is 4.12. The van der Waals surface area contributed by atoms with E-state index in [2.05, 4.69) is 15.4 Å². The number of carbonyl (C=O) groups is 1. The van der Waals surface area contributed by atoms with Gasteiger partial charge in [-0.05, 0) is 48.9 Å². The van der Waals surface area contributed by atoms with Gasteiger partial charge in [-0.2, -0.15) is 0 Å². The molecule has 2 amide bonds. The highest BCUT2D eigenvalue weighted by atomic mass is 35.5. The molecule has 0 spiro atoms. The van der Waals surface area contributed by atoms with Crippen molar-refractivity contribution in [1.82, 2.24) is 0 Å². The molecule has 3 aromatic rings. The minimum Gasteiger partial charge on any atom is -0.308 e. The summed E-state index contributed by atoms with van der Waals surface area (Å²) < 4.78 is 27.4. The van der Waals surface area contributed by atoms with Crippen LogP contribution in [0.5, 0.6) is 0 Å². The fraction of sp³-hybridized carbons (Fsp3) is 0.0455. The average Bonchev–Trinajstić information content (AvgIpc) is 2.72. The summed E-state index contributed by atoms with van der Waals surface area (Å²) in [6, 6.07) is 18.0. The molecule has 0 aliphatic heterocycles. The Hall–Kier alpha value is -3.00. The standard InChI is InChI=1S/C22H19Cl2N3O3S/c1-15-6-8-16(9-7-15)12-13-31(29,30)27-21-5-3-2-4-20(21)26-22(28)25-17-10-11-18(23)19(24)14-17/h2-14,27H,1H3,(H2,25,26,28)/b13-12+. The van der Waals surface area contributed by atoms with Crippen molar-refractivity contribution in [1.29, 1.82) is 0 Å². The summed E-state index contributed by atoms with van der Waals surface area (Å²) in [5.74, 6) is 0. The Morgan fingerprint density at radius 1 is 0.871 bits per heavy atom. The molecule has 0 saturated heterocycles. The zero-order chi connectivity index (χ0) is 22.4. The van der Waals surface area contributed by atoms with Crippen LogP contribution in [-0.4, -0.2) is 14.4 Å². The highest BCUT2D eigenvalue weighted by molar-refractivity contribution is 7.95. The van der Waals surface area contributed by atoms with Crippen molar-refractivity contribution in [2.45, 2.75) is 6.92 Å². The number of amides is 2. The number of nitrogens with one attached hydrogen (secondary N) is 3. The third-order valence-corrected chi connectivity index (χ3v) is 5.86. The summed E-state index contributed by atoms with van der Waals surface area (Å²) in [5, 5.41) is 6.97. The maximum atomic E-state index is 12.5. The number of halogens is 2. The zero-order valence-electron chi connectivity index (χ0n) is 16.4. The fourth-order valence-electron chi connectivity index (χ4n) is 2.57. The molecule has 0 fully saturated rings. The van der Waals surface area contributed by atoms with Gasteiger partial charge >= 0.3 is 6.03 Å². The molecule has 3 rings (SSSR count). The van der Waals surface area contributed by atoms with Crippen molar-refractivity contribution in [3.05, 3.63) is 93.3 Å². The van der Waals surface area contributed by atoms with Gasteiger partial charge in [0.05, 0.1) is 26.8 Å². The number of hydrogen-bond acceptors (Lipinski definition) is 3. The number of carbonyl (C=O) groups excluding carboxylic acids is 1. The average molecular weight is 476 g/mol. The molecule has 0 bridgehead atoms. The highest BCUT2D eigenvalue weighted by Gasteiger charge is 2.12. The van der Waals surface area contributed by atoms with Crippen LogP contribution < -0.4 is 15.4 Å². The number of urea groups is 1. The molecule has 160 valence electrons. The molecule has 31 heavy (non-hydrogen) atoms. The maximum absolute atomic E-state index is 12.5. The number of rotatable bonds is 6. The maximum Gasteiger partial charge on any atom is 0.323 e. The number of aryl methyl sites for hydroxylation is 1. The Balaban J connectivity index is 1.71. The van der Waals surface area contributed by atoms with Gasteiger partial charge < -0.3 is 10.6 Å². The Kier molecular flexibility index (Phi) is 7.22. The Morgan fingerprint density at radius 2 is 1.55 bits per heavy atom. The molecular formula is C22H19Cl2N3O3S. The Labute approximate surface area is 190 Å². The normalized spacial score (nSPS) is 11.3. The largest absolute Gasteiger partial charge is 0.323 e. The quantitative estimate of drug-likeness (QED) is 0.387. The monoisotopic (exact) mass is 475 g/mol. The van der Waals surface area contributed by atoms with Crippen molar-refractivity contribution in [2.24, 2.45) is 0 Å². The smallest absolute Gasteiger partial charge is 0.308 e.